The Morgan fingerprint density at radius 3 is 3.00 bits per heavy atom. The number of nitrogens with zero attached hydrogens (tertiary/aromatic N) is 2. The predicted molar refractivity (Wildman–Crippen MR) is 50.2 cm³/mol. The van der Waals surface area contributed by atoms with Crippen LogP contribution in [0.15, 0.2) is 12.3 Å². The molecule has 4 heteroatoms. The summed E-state index contributed by atoms with van der Waals surface area (Å²) < 4.78 is 0. The Kier molecular flexibility index (Phi) is 3.60. The van der Waals surface area contributed by atoms with E-state index in [1.54, 1.807) is 6.20 Å². The molecule has 0 atom stereocenters. The van der Waals surface area contributed by atoms with E-state index in [9.17, 15) is 0 Å². The van der Waals surface area contributed by atoms with Gasteiger partial charge in [0, 0.05) is 6.54 Å². The maximum atomic E-state index is 3.84. The Bertz CT molecular complexity index is 193. The molecule has 0 unspecified atom stereocenters. The highest BCUT2D eigenvalue weighted by Gasteiger charge is 1.92. The smallest absolute Gasteiger partial charge is 0.121 e. The van der Waals surface area contributed by atoms with Crippen LogP contribution in [0.25, 0.3) is 0 Å². The van der Waals surface area contributed by atoms with Crippen molar-refractivity contribution in [2.45, 2.75) is 6.42 Å². The molecule has 1 aromatic rings. The van der Waals surface area contributed by atoms with Crippen LogP contribution < -0.4 is 5.32 Å². The van der Waals surface area contributed by atoms with Crippen LogP contribution in [0.2, 0.25) is 0 Å². The fourth-order valence-electron chi connectivity index (χ4n) is 0.973. The van der Waals surface area contributed by atoms with E-state index in [1.165, 1.54) is 0 Å². The molecule has 68 valence electrons. The number of H-pyrrole nitrogens is 1. The first-order valence-electron chi connectivity index (χ1n) is 4.17. The highest BCUT2D eigenvalue weighted by Crippen LogP contribution is 1.97. The van der Waals surface area contributed by atoms with Crippen LogP contribution in [0.4, 0.5) is 5.82 Å². The average Bonchev–Trinajstić information content (AvgIpc) is 2.49. The van der Waals surface area contributed by atoms with Gasteiger partial charge in [0.15, 0.2) is 0 Å². The molecule has 0 aliphatic carbocycles. The third-order valence-corrected chi connectivity index (χ3v) is 1.60. The Labute approximate surface area is 73.0 Å². The number of nitrogens with one attached hydrogen (secondary N) is 2. The molecule has 0 bridgehead atoms. The lowest BCUT2D eigenvalue weighted by atomic mass is 10.4. The second kappa shape index (κ2) is 4.77. The fourth-order valence-corrected chi connectivity index (χ4v) is 0.973. The van der Waals surface area contributed by atoms with Gasteiger partial charge in [-0.2, -0.15) is 5.10 Å². The maximum absolute atomic E-state index is 3.84. The van der Waals surface area contributed by atoms with Crippen molar-refractivity contribution in [1.29, 1.82) is 0 Å². The van der Waals surface area contributed by atoms with Gasteiger partial charge in [0.25, 0.3) is 0 Å². The first-order chi connectivity index (χ1) is 5.79. The van der Waals surface area contributed by atoms with Crippen molar-refractivity contribution >= 4 is 5.82 Å². The lowest BCUT2D eigenvalue weighted by Gasteiger charge is -2.09. The van der Waals surface area contributed by atoms with E-state index in [2.05, 4.69) is 34.5 Å². The Hall–Kier alpha value is -1.03. The van der Waals surface area contributed by atoms with Crippen LogP contribution in [-0.2, 0) is 0 Å². The summed E-state index contributed by atoms with van der Waals surface area (Å²) in [7, 11) is 4.16. The highest BCUT2D eigenvalue weighted by molar-refractivity contribution is 5.31. The molecule has 2 N–H and O–H groups in total. The minimum atomic E-state index is 0.986. The molecule has 0 fully saturated rings. The Balaban J connectivity index is 2.04. The molecule has 1 rings (SSSR count). The standard InChI is InChI=1S/C8H16N4/c1-12(2)7-3-5-9-8-4-6-10-11-8/h4,6H,3,5,7H2,1-2H3,(H2,9,10,11). The molecule has 0 aliphatic heterocycles. The zero-order chi connectivity index (χ0) is 8.81. The second-order valence-electron chi connectivity index (χ2n) is 3.05. The van der Waals surface area contributed by atoms with Crippen molar-refractivity contribution in [2.75, 3.05) is 32.5 Å². The summed E-state index contributed by atoms with van der Waals surface area (Å²) in [4.78, 5) is 2.18. The van der Waals surface area contributed by atoms with Crippen LogP contribution in [0.1, 0.15) is 6.42 Å². The van der Waals surface area contributed by atoms with Crippen molar-refractivity contribution in [3.05, 3.63) is 12.3 Å². The zero-order valence-corrected chi connectivity index (χ0v) is 7.67. The van der Waals surface area contributed by atoms with E-state index >= 15 is 0 Å². The van der Waals surface area contributed by atoms with Gasteiger partial charge in [0.2, 0.25) is 0 Å². The summed E-state index contributed by atoms with van der Waals surface area (Å²) in [5.74, 6) is 0.994. The van der Waals surface area contributed by atoms with E-state index < -0.39 is 0 Å². The van der Waals surface area contributed by atoms with Crippen LogP contribution in [0, 0.1) is 0 Å². The van der Waals surface area contributed by atoms with Crippen LogP contribution in [-0.4, -0.2) is 42.3 Å². The van der Waals surface area contributed by atoms with Crippen LogP contribution in [0.5, 0.6) is 0 Å². The SMILES string of the molecule is CN(C)CCCNc1ccn[nH]1. The van der Waals surface area contributed by atoms with Gasteiger partial charge in [-0.3, -0.25) is 5.10 Å². The van der Waals surface area contributed by atoms with Gasteiger partial charge in [0.1, 0.15) is 5.82 Å². The molecular formula is C8H16N4. The summed E-state index contributed by atoms with van der Waals surface area (Å²) in [5.41, 5.74) is 0. The monoisotopic (exact) mass is 168 g/mol. The number of aromatic amines is 1. The zero-order valence-electron chi connectivity index (χ0n) is 7.67. The van der Waals surface area contributed by atoms with Crippen molar-refractivity contribution in [3.8, 4) is 0 Å². The third kappa shape index (κ3) is 3.39. The highest BCUT2D eigenvalue weighted by atomic mass is 15.2. The van der Waals surface area contributed by atoms with Crippen LogP contribution in [0.3, 0.4) is 0 Å². The van der Waals surface area contributed by atoms with Crippen molar-refractivity contribution < 1.29 is 0 Å². The lowest BCUT2D eigenvalue weighted by molar-refractivity contribution is 0.405. The molecule has 0 amide bonds. The van der Waals surface area contributed by atoms with Crippen molar-refractivity contribution in [1.82, 2.24) is 15.1 Å². The van der Waals surface area contributed by atoms with E-state index in [4.69, 9.17) is 0 Å². The topological polar surface area (TPSA) is 44.0 Å². The first kappa shape index (κ1) is 9.06. The number of aromatic nitrogens is 2. The normalized spacial score (nSPS) is 10.6. The van der Waals surface area contributed by atoms with Gasteiger partial charge in [-0.15, -0.1) is 0 Å². The molecule has 4 nitrogen and oxygen atoms in total. The van der Waals surface area contributed by atoms with Gasteiger partial charge >= 0.3 is 0 Å². The molecule has 0 aromatic carbocycles. The fraction of sp³-hybridized carbons (Fsp3) is 0.625. The van der Waals surface area contributed by atoms with E-state index in [-0.39, 0.29) is 0 Å². The number of rotatable bonds is 5. The van der Waals surface area contributed by atoms with E-state index in [0.29, 0.717) is 0 Å². The van der Waals surface area contributed by atoms with Gasteiger partial charge in [-0.25, -0.2) is 0 Å². The van der Waals surface area contributed by atoms with Crippen molar-refractivity contribution in [2.24, 2.45) is 0 Å². The Morgan fingerprint density at radius 1 is 1.58 bits per heavy atom. The van der Waals surface area contributed by atoms with Crippen LogP contribution >= 0.6 is 0 Å². The molecule has 0 spiro atoms. The molecular weight excluding hydrogens is 152 g/mol. The van der Waals surface area contributed by atoms with Gasteiger partial charge < -0.3 is 10.2 Å². The molecule has 0 aliphatic rings. The van der Waals surface area contributed by atoms with Gasteiger partial charge in [0.05, 0.1) is 6.20 Å². The Morgan fingerprint density at radius 2 is 2.42 bits per heavy atom. The molecule has 12 heavy (non-hydrogen) atoms. The first-order valence-corrected chi connectivity index (χ1v) is 4.17. The van der Waals surface area contributed by atoms with E-state index in [0.717, 1.165) is 25.3 Å². The minimum absolute atomic E-state index is 0.986. The van der Waals surface area contributed by atoms with E-state index in [1.807, 2.05) is 6.07 Å². The summed E-state index contributed by atoms with van der Waals surface area (Å²) in [6, 6.07) is 1.93. The summed E-state index contributed by atoms with van der Waals surface area (Å²) in [6.07, 6.45) is 2.89. The molecule has 0 saturated heterocycles. The maximum Gasteiger partial charge on any atom is 0.121 e. The summed E-state index contributed by atoms with van der Waals surface area (Å²) in [5, 5.41) is 9.92. The van der Waals surface area contributed by atoms with Crippen molar-refractivity contribution in [3.63, 3.8) is 0 Å². The molecule has 0 saturated carbocycles. The summed E-state index contributed by atoms with van der Waals surface area (Å²) >= 11 is 0. The number of hydrogen-bond donors (Lipinski definition) is 2. The molecule has 0 radical (unpaired) electrons. The molecule has 1 aromatic heterocycles. The van der Waals surface area contributed by atoms with Gasteiger partial charge in [-0.05, 0) is 33.1 Å². The minimum Gasteiger partial charge on any atom is -0.370 e. The third-order valence-electron chi connectivity index (χ3n) is 1.60. The largest absolute Gasteiger partial charge is 0.370 e. The quantitative estimate of drug-likeness (QED) is 0.638. The summed E-state index contributed by atoms with van der Waals surface area (Å²) in [6.45, 7) is 2.10. The molecule has 1 heterocycles. The number of hydrogen-bond acceptors (Lipinski definition) is 3. The average molecular weight is 168 g/mol. The lowest BCUT2D eigenvalue weighted by Crippen LogP contribution is -2.16. The van der Waals surface area contributed by atoms with Gasteiger partial charge in [-0.1, -0.05) is 0 Å². The predicted octanol–water partition coefficient (Wildman–Crippen LogP) is 0.773. The second-order valence-corrected chi connectivity index (χ2v) is 3.05. The number of anilines is 1.